The summed E-state index contributed by atoms with van der Waals surface area (Å²) in [6, 6.07) is 19.9. The summed E-state index contributed by atoms with van der Waals surface area (Å²) in [7, 11) is 1.50. The Morgan fingerprint density at radius 2 is 1.97 bits per heavy atom. The number of para-hydroxylation sites is 1. The van der Waals surface area contributed by atoms with Crippen LogP contribution in [0, 0.1) is 11.3 Å². The van der Waals surface area contributed by atoms with Gasteiger partial charge in [0, 0.05) is 19.9 Å². The summed E-state index contributed by atoms with van der Waals surface area (Å²) >= 11 is 6.91. The van der Waals surface area contributed by atoms with Crippen molar-refractivity contribution < 1.29 is 13.9 Å². The summed E-state index contributed by atoms with van der Waals surface area (Å²) in [4.78, 5) is 18.2. The van der Waals surface area contributed by atoms with Gasteiger partial charge in [-0.15, -0.1) is 0 Å². The number of methoxy groups -OCH3 is 1. The van der Waals surface area contributed by atoms with Crippen molar-refractivity contribution in [2.75, 3.05) is 13.7 Å². The van der Waals surface area contributed by atoms with Crippen LogP contribution in [0.15, 0.2) is 83.9 Å². The molecule has 0 spiro atoms. The lowest BCUT2D eigenvalue weighted by molar-refractivity contribution is 0.329. The van der Waals surface area contributed by atoms with Crippen molar-refractivity contribution >= 4 is 59.9 Å². The summed E-state index contributed by atoms with van der Waals surface area (Å²) in [6.07, 6.45) is 1.46. The van der Waals surface area contributed by atoms with E-state index in [2.05, 4.69) is 37.0 Å². The molecular weight excluding hydrogens is 592 g/mol. The van der Waals surface area contributed by atoms with Crippen molar-refractivity contribution in [3.05, 3.63) is 85.5 Å². The number of furan rings is 1. The van der Waals surface area contributed by atoms with E-state index in [4.69, 9.17) is 24.1 Å². The molecule has 0 aliphatic heterocycles. The van der Waals surface area contributed by atoms with Gasteiger partial charge in [-0.25, -0.2) is 4.98 Å². The summed E-state index contributed by atoms with van der Waals surface area (Å²) in [5.41, 5.74) is 1.30. The fourth-order valence-electron chi connectivity index (χ4n) is 3.73. The van der Waals surface area contributed by atoms with Gasteiger partial charge in [-0.3, -0.25) is 4.79 Å². The first-order chi connectivity index (χ1) is 17.5. The minimum Gasteiger partial charge on any atom is -0.493 e. The van der Waals surface area contributed by atoms with E-state index >= 15 is 0 Å². The Morgan fingerprint density at radius 3 is 2.78 bits per heavy atom. The Labute approximate surface area is 221 Å². The Bertz CT molecular complexity index is 1750. The molecule has 2 aromatic heterocycles. The molecule has 8 nitrogen and oxygen atoms in total. The number of benzene rings is 3. The van der Waals surface area contributed by atoms with Gasteiger partial charge >= 0.3 is 0 Å². The Hall–Kier alpha value is -3.94. The highest BCUT2D eigenvalue weighted by Crippen LogP contribution is 2.34. The summed E-state index contributed by atoms with van der Waals surface area (Å²) < 4.78 is 19.8. The molecule has 0 radical (unpaired) electrons. The van der Waals surface area contributed by atoms with Gasteiger partial charge in [0.15, 0.2) is 23.9 Å². The maximum atomic E-state index is 13.5. The molecule has 0 saturated carbocycles. The fraction of sp³-hybridized carbons (Fsp3) is 0.0769. The second-order valence-electron chi connectivity index (χ2n) is 7.58. The number of nitrogens with zero attached hydrogens (tertiary/aromatic N) is 4. The van der Waals surface area contributed by atoms with Crippen molar-refractivity contribution in [3.8, 4) is 29.2 Å². The second kappa shape index (κ2) is 9.97. The smallest absolute Gasteiger partial charge is 0.282 e. The van der Waals surface area contributed by atoms with E-state index in [-0.39, 0.29) is 18.0 Å². The molecule has 5 rings (SSSR count). The third kappa shape index (κ3) is 4.51. The van der Waals surface area contributed by atoms with Crippen molar-refractivity contribution in [2.45, 2.75) is 0 Å². The average molecular weight is 608 g/mol. The van der Waals surface area contributed by atoms with Gasteiger partial charge in [0.25, 0.3) is 5.56 Å². The first-order valence-corrected chi connectivity index (χ1v) is 12.2. The number of fused-ring (bicyclic) bond motifs is 2. The maximum absolute atomic E-state index is 13.5. The van der Waals surface area contributed by atoms with E-state index in [0.29, 0.717) is 43.8 Å². The SMILES string of the molecule is COc1cc(Br)cc(C=Nn2c(-c3cc4cc(Br)ccc4o3)nc3ccccc3c2=O)c1OCC#N. The molecule has 3 aromatic carbocycles. The Morgan fingerprint density at radius 1 is 1.14 bits per heavy atom. The normalized spacial score (nSPS) is 11.3. The standard InChI is InChI=1S/C26H16Br2N4O4/c1-34-22-13-18(28)11-16(24(22)35-9-8-29)14-30-32-25(31-20-5-3-2-4-19(20)26(32)33)23-12-15-10-17(27)6-7-21(15)36-23/h2-7,10-14H,9H2,1H3. The summed E-state index contributed by atoms with van der Waals surface area (Å²) in [6.45, 7) is -0.184. The number of rotatable bonds is 6. The van der Waals surface area contributed by atoms with Crippen LogP contribution in [0.5, 0.6) is 11.5 Å². The van der Waals surface area contributed by atoms with Crippen LogP contribution in [0.2, 0.25) is 0 Å². The zero-order valence-electron chi connectivity index (χ0n) is 18.7. The quantitative estimate of drug-likeness (QED) is 0.215. The number of hydrogen-bond acceptors (Lipinski definition) is 7. The van der Waals surface area contributed by atoms with E-state index < -0.39 is 0 Å². The average Bonchev–Trinajstić information content (AvgIpc) is 3.30. The lowest BCUT2D eigenvalue weighted by Gasteiger charge is -2.12. The molecule has 2 heterocycles. The van der Waals surface area contributed by atoms with Crippen LogP contribution < -0.4 is 15.0 Å². The van der Waals surface area contributed by atoms with Crippen molar-refractivity contribution in [1.29, 1.82) is 5.26 Å². The number of hydrogen-bond donors (Lipinski definition) is 0. The topological polar surface area (TPSA) is 103 Å². The lowest BCUT2D eigenvalue weighted by atomic mass is 10.2. The molecular formula is C26H16Br2N4O4. The first kappa shape index (κ1) is 23.8. The number of nitriles is 1. The van der Waals surface area contributed by atoms with E-state index in [9.17, 15) is 4.79 Å². The molecule has 0 unspecified atom stereocenters. The predicted molar refractivity (Wildman–Crippen MR) is 144 cm³/mol. The molecule has 36 heavy (non-hydrogen) atoms. The van der Waals surface area contributed by atoms with E-state index in [1.54, 1.807) is 30.3 Å². The largest absolute Gasteiger partial charge is 0.493 e. The molecule has 10 heteroatoms. The van der Waals surface area contributed by atoms with Gasteiger partial charge in [0.05, 0.1) is 24.2 Å². The number of halogens is 2. The lowest BCUT2D eigenvalue weighted by Crippen LogP contribution is -2.20. The highest BCUT2D eigenvalue weighted by molar-refractivity contribution is 9.10. The van der Waals surface area contributed by atoms with Gasteiger partial charge in [0.2, 0.25) is 5.82 Å². The maximum Gasteiger partial charge on any atom is 0.282 e. The molecule has 0 fully saturated rings. The highest BCUT2D eigenvalue weighted by Gasteiger charge is 2.17. The zero-order valence-corrected chi connectivity index (χ0v) is 21.9. The van der Waals surface area contributed by atoms with Crippen molar-refractivity contribution in [3.63, 3.8) is 0 Å². The van der Waals surface area contributed by atoms with E-state index in [1.165, 1.54) is 18.0 Å². The monoisotopic (exact) mass is 606 g/mol. The third-order valence-corrected chi connectivity index (χ3v) is 6.27. The second-order valence-corrected chi connectivity index (χ2v) is 9.41. The van der Waals surface area contributed by atoms with Crippen molar-refractivity contribution in [2.24, 2.45) is 5.10 Å². The van der Waals surface area contributed by atoms with Gasteiger partial charge in [-0.05, 0) is 48.5 Å². The minimum atomic E-state index is -0.366. The predicted octanol–water partition coefficient (Wildman–Crippen LogP) is 6.13. The fourth-order valence-corrected chi connectivity index (χ4v) is 4.56. The van der Waals surface area contributed by atoms with Crippen LogP contribution in [-0.4, -0.2) is 29.6 Å². The minimum absolute atomic E-state index is 0.184. The number of ether oxygens (including phenoxy) is 2. The summed E-state index contributed by atoms with van der Waals surface area (Å²) in [5.74, 6) is 1.36. The van der Waals surface area contributed by atoms with Gasteiger partial charge in [0.1, 0.15) is 11.7 Å². The van der Waals surface area contributed by atoms with E-state index in [1.807, 2.05) is 36.4 Å². The molecule has 0 N–H and O–H groups in total. The summed E-state index contributed by atoms with van der Waals surface area (Å²) in [5, 5.41) is 14.7. The molecule has 0 aliphatic carbocycles. The van der Waals surface area contributed by atoms with Crippen molar-refractivity contribution in [1.82, 2.24) is 9.66 Å². The molecule has 0 saturated heterocycles. The first-order valence-electron chi connectivity index (χ1n) is 10.6. The third-order valence-electron chi connectivity index (χ3n) is 5.31. The Balaban J connectivity index is 1.72. The van der Waals surface area contributed by atoms with Crippen LogP contribution >= 0.6 is 31.9 Å². The molecule has 0 atom stereocenters. The number of aromatic nitrogens is 2. The van der Waals surface area contributed by atoms with E-state index in [0.717, 1.165) is 9.86 Å². The highest BCUT2D eigenvalue weighted by atomic mass is 79.9. The van der Waals surface area contributed by atoms with Crippen LogP contribution in [0.1, 0.15) is 5.56 Å². The molecule has 0 aliphatic rings. The molecule has 0 bridgehead atoms. The molecule has 5 aromatic rings. The Kier molecular flexibility index (Phi) is 6.59. The zero-order chi connectivity index (χ0) is 25.2. The van der Waals surface area contributed by atoms with Gasteiger partial charge in [-0.2, -0.15) is 15.0 Å². The molecule has 0 amide bonds. The van der Waals surface area contributed by atoms with Crippen LogP contribution in [0.25, 0.3) is 33.5 Å². The van der Waals surface area contributed by atoms with Gasteiger partial charge < -0.3 is 13.9 Å². The van der Waals surface area contributed by atoms with Crippen LogP contribution in [-0.2, 0) is 0 Å². The van der Waals surface area contributed by atoms with Gasteiger partial charge in [-0.1, -0.05) is 44.0 Å². The van der Waals surface area contributed by atoms with Crippen LogP contribution in [0.3, 0.4) is 0 Å². The molecule has 178 valence electrons. The van der Waals surface area contributed by atoms with Crippen LogP contribution in [0.4, 0.5) is 0 Å².